The Morgan fingerprint density at radius 2 is 1.66 bits per heavy atom. The zero-order valence-electron chi connectivity index (χ0n) is 15.6. The summed E-state index contributed by atoms with van der Waals surface area (Å²) in [6.45, 7) is 1.41. The van der Waals surface area contributed by atoms with Crippen LogP contribution in [0.2, 0.25) is 0 Å². The first-order chi connectivity index (χ1) is 14.0. The molecule has 1 fully saturated rings. The lowest BCUT2D eigenvalue weighted by Crippen LogP contribution is -2.45. The third kappa shape index (κ3) is 3.38. The Balaban J connectivity index is 1.70. The van der Waals surface area contributed by atoms with Crippen LogP contribution in [-0.2, 0) is 21.7 Å². The minimum absolute atomic E-state index is 0.0160. The van der Waals surface area contributed by atoms with Crippen LogP contribution in [0.1, 0.15) is 23.7 Å². The number of thiazole rings is 1. The molecule has 8 heteroatoms. The van der Waals surface area contributed by atoms with Crippen LogP contribution in [0.5, 0.6) is 0 Å². The fraction of sp³-hybridized carbons (Fsp3) is 0.143. The van der Waals surface area contributed by atoms with Crippen LogP contribution in [-0.4, -0.2) is 27.7 Å². The second kappa shape index (κ2) is 7.48. The smallest absolute Gasteiger partial charge is 0.315 e. The Morgan fingerprint density at radius 3 is 2.21 bits per heavy atom. The zero-order chi connectivity index (χ0) is 20.4. The summed E-state index contributed by atoms with van der Waals surface area (Å²) in [5.74, 6) is -0.595. The number of nitrogens with one attached hydrogen (secondary N) is 2. The summed E-state index contributed by atoms with van der Waals surface area (Å²) in [6, 6.07) is 17.9. The van der Waals surface area contributed by atoms with Gasteiger partial charge in [0.25, 0.3) is 5.91 Å². The number of nitrogens with zero attached hydrogens (tertiary/aromatic N) is 2. The molecule has 0 bridgehead atoms. The molecule has 0 aliphatic carbocycles. The molecule has 0 saturated carbocycles. The molecule has 2 aromatic carbocycles. The first-order valence-electron chi connectivity index (χ1n) is 8.98. The molecular formula is C21H18N4O3S. The molecule has 2 heterocycles. The SMILES string of the molecule is CC(=O)Nc1nc(CN2C(=O)NC(c3ccccc3)(c3ccccc3)C2=O)cs1. The van der Waals surface area contributed by atoms with Crippen molar-refractivity contribution in [2.45, 2.75) is 19.0 Å². The minimum Gasteiger partial charge on any atom is -0.315 e. The highest BCUT2D eigenvalue weighted by Crippen LogP contribution is 2.36. The number of hydrogen-bond donors (Lipinski definition) is 2. The van der Waals surface area contributed by atoms with Crippen LogP contribution in [0.4, 0.5) is 9.93 Å². The fourth-order valence-corrected chi connectivity index (χ4v) is 4.15. The second-order valence-electron chi connectivity index (χ2n) is 6.63. The number of urea groups is 1. The Morgan fingerprint density at radius 1 is 1.07 bits per heavy atom. The van der Waals surface area contributed by atoms with Crippen molar-refractivity contribution >= 4 is 34.3 Å². The molecule has 2 N–H and O–H groups in total. The van der Waals surface area contributed by atoms with Gasteiger partial charge in [0, 0.05) is 12.3 Å². The van der Waals surface area contributed by atoms with Gasteiger partial charge in [0.05, 0.1) is 12.2 Å². The summed E-state index contributed by atoms with van der Waals surface area (Å²) >= 11 is 1.24. The average Bonchev–Trinajstić information content (AvgIpc) is 3.26. The van der Waals surface area contributed by atoms with Gasteiger partial charge in [-0.3, -0.25) is 14.5 Å². The van der Waals surface area contributed by atoms with Gasteiger partial charge in [-0.2, -0.15) is 0 Å². The van der Waals surface area contributed by atoms with E-state index in [2.05, 4.69) is 15.6 Å². The topological polar surface area (TPSA) is 91.4 Å². The second-order valence-corrected chi connectivity index (χ2v) is 7.49. The van der Waals surface area contributed by atoms with E-state index >= 15 is 0 Å². The van der Waals surface area contributed by atoms with Crippen molar-refractivity contribution in [1.82, 2.24) is 15.2 Å². The molecule has 4 amide bonds. The number of benzene rings is 2. The Bertz CT molecular complexity index is 1030. The third-order valence-corrected chi connectivity index (χ3v) is 5.48. The summed E-state index contributed by atoms with van der Waals surface area (Å²) in [6.07, 6.45) is 0. The average molecular weight is 406 g/mol. The minimum atomic E-state index is -1.30. The molecule has 7 nitrogen and oxygen atoms in total. The van der Waals surface area contributed by atoms with Crippen molar-refractivity contribution in [2.24, 2.45) is 0 Å². The standard InChI is InChI=1S/C21H18N4O3S/c1-14(26)22-19-23-17(13-29-19)12-25-18(27)21(24-20(25)28,15-8-4-2-5-9-15)16-10-6-3-7-11-16/h2-11,13H,12H2,1H3,(H,24,28)(H,22,23,26). The first-order valence-corrected chi connectivity index (χ1v) is 9.86. The molecule has 3 aromatic rings. The normalized spacial score (nSPS) is 15.3. The van der Waals surface area contributed by atoms with E-state index in [1.54, 1.807) is 5.38 Å². The van der Waals surface area contributed by atoms with Gasteiger partial charge < -0.3 is 10.6 Å². The van der Waals surface area contributed by atoms with Crippen LogP contribution in [0.3, 0.4) is 0 Å². The quantitative estimate of drug-likeness (QED) is 0.637. The lowest BCUT2D eigenvalue weighted by Gasteiger charge is -2.27. The summed E-state index contributed by atoms with van der Waals surface area (Å²) in [4.78, 5) is 43.1. The molecule has 0 radical (unpaired) electrons. The molecule has 1 aliphatic heterocycles. The van der Waals surface area contributed by atoms with Crippen LogP contribution < -0.4 is 10.6 Å². The van der Waals surface area contributed by atoms with Gasteiger partial charge >= 0.3 is 6.03 Å². The van der Waals surface area contributed by atoms with E-state index in [0.717, 1.165) is 4.90 Å². The largest absolute Gasteiger partial charge is 0.325 e. The maximum Gasteiger partial charge on any atom is 0.325 e. The summed E-state index contributed by atoms with van der Waals surface area (Å²) < 4.78 is 0. The summed E-state index contributed by atoms with van der Waals surface area (Å²) in [5, 5.41) is 7.65. The number of carbonyl (C=O) groups excluding carboxylic acids is 3. The molecule has 1 aromatic heterocycles. The van der Waals surface area contributed by atoms with Gasteiger partial charge in [-0.25, -0.2) is 9.78 Å². The first kappa shape index (κ1) is 18.8. The molecule has 0 spiro atoms. The monoisotopic (exact) mass is 406 g/mol. The van der Waals surface area contributed by atoms with Crippen molar-refractivity contribution in [2.75, 3.05) is 5.32 Å². The third-order valence-electron chi connectivity index (χ3n) is 4.67. The molecule has 146 valence electrons. The molecule has 4 rings (SSSR count). The van der Waals surface area contributed by atoms with E-state index in [1.807, 2.05) is 60.7 Å². The number of rotatable bonds is 5. The summed E-state index contributed by atoms with van der Waals surface area (Å²) in [5.41, 5.74) is 0.600. The van der Waals surface area contributed by atoms with Gasteiger partial charge in [-0.1, -0.05) is 60.7 Å². The van der Waals surface area contributed by atoms with Crippen molar-refractivity contribution in [1.29, 1.82) is 0 Å². The van der Waals surface area contributed by atoms with E-state index < -0.39 is 11.6 Å². The van der Waals surface area contributed by atoms with E-state index in [0.29, 0.717) is 22.0 Å². The number of hydrogen-bond acceptors (Lipinski definition) is 5. The van der Waals surface area contributed by atoms with E-state index in [1.165, 1.54) is 18.3 Å². The van der Waals surface area contributed by atoms with Gasteiger partial charge in [-0.05, 0) is 11.1 Å². The maximum absolute atomic E-state index is 13.6. The zero-order valence-corrected chi connectivity index (χ0v) is 16.4. The Hall–Kier alpha value is -3.52. The molecule has 1 saturated heterocycles. The predicted octanol–water partition coefficient (Wildman–Crippen LogP) is 3.10. The molecule has 1 aliphatic rings. The van der Waals surface area contributed by atoms with Gasteiger partial charge in [0.2, 0.25) is 5.91 Å². The molecule has 29 heavy (non-hydrogen) atoms. The molecule has 0 unspecified atom stereocenters. The van der Waals surface area contributed by atoms with Crippen LogP contribution in [0.15, 0.2) is 66.0 Å². The van der Waals surface area contributed by atoms with E-state index in [9.17, 15) is 14.4 Å². The van der Waals surface area contributed by atoms with Crippen molar-refractivity contribution in [3.8, 4) is 0 Å². The van der Waals surface area contributed by atoms with Gasteiger partial charge in [-0.15, -0.1) is 11.3 Å². The Labute approximate surface area is 171 Å². The lowest BCUT2D eigenvalue weighted by atomic mass is 9.82. The van der Waals surface area contributed by atoms with Crippen LogP contribution in [0.25, 0.3) is 0 Å². The number of imide groups is 1. The molecular weight excluding hydrogens is 388 g/mol. The van der Waals surface area contributed by atoms with E-state index in [-0.39, 0.29) is 18.4 Å². The lowest BCUT2D eigenvalue weighted by molar-refractivity contribution is -0.130. The number of amides is 4. The van der Waals surface area contributed by atoms with Crippen molar-refractivity contribution in [3.63, 3.8) is 0 Å². The number of aromatic nitrogens is 1. The maximum atomic E-state index is 13.6. The predicted molar refractivity (Wildman–Crippen MR) is 109 cm³/mol. The summed E-state index contributed by atoms with van der Waals surface area (Å²) in [7, 11) is 0. The highest BCUT2D eigenvalue weighted by Gasteiger charge is 2.53. The highest BCUT2D eigenvalue weighted by molar-refractivity contribution is 7.13. The molecule has 0 atom stereocenters. The van der Waals surface area contributed by atoms with Crippen molar-refractivity contribution < 1.29 is 14.4 Å². The van der Waals surface area contributed by atoms with Gasteiger partial charge in [0.1, 0.15) is 0 Å². The van der Waals surface area contributed by atoms with Crippen LogP contribution in [0, 0.1) is 0 Å². The van der Waals surface area contributed by atoms with Crippen molar-refractivity contribution in [3.05, 3.63) is 82.9 Å². The Kier molecular flexibility index (Phi) is 4.85. The highest BCUT2D eigenvalue weighted by atomic mass is 32.1. The fourth-order valence-electron chi connectivity index (χ4n) is 3.40. The number of carbonyl (C=O) groups is 3. The number of anilines is 1. The van der Waals surface area contributed by atoms with E-state index in [4.69, 9.17) is 0 Å². The van der Waals surface area contributed by atoms with Gasteiger partial charge in [0.15, 0.2) is 10.7 Å². The van der Waals surface area contributed by atoms with Crippen LogP contribution >= 0.6 is 11.3 Å².